The monoisotopic (exact) mass is 488 g/mol. The average Bonchev–Trinajstić information content (AvgIpc) is 3.41. The summed E-state index contributed by atoms with van der Waals surface area (Å²) < 4.78 is 27.6. The predicted molar refractivity (Wildman–Crippen MR) is 135 cm³/mol. The molecular formula is C26H40N4O3S. The van der Waals surface area contributed by atoms with Crippen LogP contribution in [-0.2, 0) is 21.2 Å². The summed E-state index contributed by atoms with van der Waals surface area (Å²) in [7, 11) is -3.43. The summed E-state index contributed by atoms with van der Waals surface area (Å²) in [6.07, 6.45) is 10.5. The van der Waals surface area contributed by atoms with Gasteiger partial charge in [-0.05, 0) is 68.2 Å². The number of fused-ring (bicyclic) bond motifs is 1. The number of hydrogen-bond acceptors (Lipinski definition) is 5. The number of nitrogens with zero attached hydrogens (tertiary/aromatic N) is 4. The van der Waals surface area contributed by atoms with Gasteiger partial charge < -0.3 is 9.80 Å². The fraction of sp³-hybridized carbons (Fsp3) is 0.731. The Kier molecular flexibility index (Phi) is 7.58. The summed E-state index contributed by atoms with van der Waals surface area (Å²) in [4.78, 5) is 20.4. The van der Waals surface area contributed by atoms with Crippen molar-refractivity contribution in [2.45, 2.75) is 62.7 Å². The molecule has 0 aromatic heterocycles. The van der Waals surface area contributed by atoms with Gasteiger partial charge in [0.25, 0.3) is 0 Å². The molecule has 7 nitrogen and oxygen atoms in total. The molecule has 3 heterocycles. The lowest BCUT2D eigenvalue weighted by Gasteiger charge is -2.38. The maximum Gasteiger partial charge on any atom is 0.243 e. The molecule has 0 radical (unpaired) electrons. The molecule has 1 aliphatic carbocycles. The maximum atomic E-state index is 13.3. The first-order chi connectivity index (χ1) is 16.5. The third-order valence-electron chi connectivity index (χ3n) is 8.24. The smallest absolute Gasteiger partial charge is 0.243 e. The van der Waals surface area contributed by atoms with Crippen molar-refractivity contribution in [1.82, 2.24) is 14.1 Å². The highest BCUT2D eigenvalue weighted by Gasteiger charge is 2.30. The topological polar surface area (TPSA) is 64.2 Å². The highest BCUT2D eigenvalue weighted by Crippen LogP contribution is 2.31. The van der Waals surface area contributed by atoms with E-state index in [9.17, 15) is 13.2 Å². The van der Waals surface area contributed by atoms with E-state index in [4.69, 9.17) is 0 Å². The normalized spacial score (nSPS) is 23.8. The SMILES string of the molecule is O=C(CN1CCN(CC2CCCCC2)CC1)N1CCCc2cc(S(=O)(=O)N3CCCC3)ccc21. The second-order valence-electron chi connectivity index (χ2n) is 10.6. The molecule has 1 amide bonds. The summed E-state index contributed by atoms with van der Waals surface area (Å²) in [6, 6.07) is 5.37. The summed E-state index contributed by atoms with van der Waals surface area (Å²) in [5.41, 5.74) is 1.88. The van der Waals surface area contributed by atoms with E-state index in [0.29, 0.717) is 31.1 Å². The number of aryl methyl sites for hydroxylation is 1. The van der Waals surface area contributed by atoms with Crippen LogP contribution in [0.15, 0.2) is 23.1 Å². The van der Waals surface area contributed by atoms with Gasteiger partial charge in [0.1, 0.15) is 0 Å². The first-order valence-corrected chi connectivity index (χ1v) is 14.8. The zero-order valence-corrected chi connectivity index (χ0v) is 21.3. The van der Waals surface area contributed by atoms with Crippen molar-refractivity contribution in [2.75, 3.05) is 63.8 Å². The molecule has 5 rings (SSSR count). The lowest BCUT2D eigenvalue weighted by atomic mass is 9.89. The van der Waals surface area contributed by atoms with Crippen LogP contribution in [0.3, 0.4) is 0 Å². The van der Waals surface area contributed by atoms with Crippen LogP contribution in [0.1, 0.15) is 56.9 Å². The van der Waals surface area contributed by atoms with Gasteiger partial charge in [0.15, 0.2) is 0 Å². The van der Waals surface area contributed by atoms with E-state index in [1.807, 2.05) is 17.0 Å². The van der Waals surface area contributed by atoms with Crippen LogP contribution in [0.2, 0.25) is 0 Å². The molecule has 1 aromatic rings. The van der Waals surface area contributed by atoms with Crippen molar-refractivity contribution in [1.29, 1.82) is 0 Å². The highest BCUT2D eigenvalue weighted by molar-refractivity contribution is 7.89. The summed E-state index contributed by atoms with van der Waals surface area (Å²) in [5.74, 6) is 1.00. The van der Waals surface area contributed by atoms with E-state index >= 15 is 0 Å². The van der Waals surface area contributed by atoms with Gasteiger partial charge in [-0.15, -0.1) is 0 Å². The van der Waals surface area contributed by atoms with E-state index < -0.39 is 10.0 Å². The third kappa shape index (κ3) is 5.35. The van der Waals surface area contributed by atoms with Crippen LogP contribution in [0, 0.1) is 5.92 Å². The Morgan fingerprint density at radius 2 is 1.53 bits per heavy atom. The van der Waals surface area contributed by atoms with Gasteiger partial charge >= 0.3 is 0 Å². The van der Waals surface area contributed by atoms with Crippen LogP contribution in [0.5, 0.6) is 0 Å². The Balaban J connectivity index is 1.18. The van der Waals surface area contributed by atoms with Crippen LogP contribution in [0.4, 0.5) is 5.69 Å². The molecule has 0 unspecified atom stereocenters. The summed E-state index contributed by atoms with van der Waals surface area (Å²) in [6.45, 7) is 7.62. The second kappa shape index (κ2) is 10.6. The Morgan fingerprint density at radius 1 is 0.824 bits per heavy atom. The summed E-state index contributed by atoms with van der Waals surface area (Å²) >= 11 is 0. The van der Waals surface area contributed by atoms with Gasteiger partial charge in [0, 0.05) is 58.0 Å². The Bertz CT molecular complexity index is 962. The van der Waals surface area contributed by atoms with Crippen LogP contribution in [0.25, 0.3) is 0 Å². The lowest BCUT2D eigenvalue weighted by molar-refractivity contribution is -0.120. The molecule has 0 N–H and O–H groups in total. The predicted octanol–water partition coefficient (Wildman–Crippen LogP) is 2.95. The summed E-state index contributed by atoms with van der Waals surface area (Å²) in [5, 5.41) is 0. The van der Waals surface area contributed by atoms with Crippen molar-refractivity contribution < 1.29 is 13.2 Å². The number of carbonyl (C=O) groups excluding carboxylic acids is 1. The number of piperazine rings is 1. The second-order valence-corrected chi connectivity index (χ2v) is 12.6. The number of anilines is 1. The molecule has 1 saturated carbocycles. The minimum absolute atomic E-state index is 0.136. The van der Waals surface area contributed by atoms with Crippen molar-refractivity contribution >= 4 is 21.6 Å². The molecule has 2 saturated heterocycles. The van der Waals surface area contributed by atoms with Gasteiger partial charge in [-0.2, -0.15) is 4.31 Å². The third-order valence-corrected chi connectivity index (χ3v) is 10.1. The van der Waals surface area contributed by atoms with E-state index in [0.717, 1.165) is 69.0 Å². The van der Waals surface area contributed by atoms with Gasteiger partial charge in [-0.3, -0.25) is 9.69 Å². The molecule has 34 heavy (non-hydrogen) atoms. The zero-order chi connectivity index (χ0) is 23.5. The molecular weight excluding hydrogens is 448 g/mol. The largest absolute Gasteiger partial charge is 0.311 e. The quantitative estimate of drug-likeness (QED) is 0.616. The van der Waals surface area contributed by atoms with E-state index in [1.54, 1.807) is 10.4 Å². The number of amides is 1. The lowest BCUT2D eigenvalue weighted by Crippen LogP contribution is -2.51. The molecule has 0 spiro atoms. The molecule has 0 bridgehead atoms. The molecule has 188 valence electrons. The van der Waals surface area contributed by atoms with Crippen molar-refractivity contribution in [3.63, 3.8) is 0 Å². The highest BCUT2D eigenvalue weighted by atomic mass is 32.2. The van der Waals surface area contributed by atoms with Gasteiger partial charge in [-0.25, -0.2) is 8.42 Å². The molecule has 4 aliphatic rings. The van der Waals surface area contributed by atoms with E-state index in [1.165, 1.54) is 38.6 Å². The molecule has 8 heteroatoms. The first kappa shape index (κ1) is 24.2. The Morgan fingerprint density at radius 3 is 2.26 bits per heavy atom. The van der Waals surface area contributed by atoms with Gasteiger partial charge in [0.05, 0.1) is 11.4 Å². The number of carbonyl (C=O) groups is 1. The molecule has 3 aliphatic heterocycles. The minimum atomic E-state index is -3.43. The molecule has 3 fully saturated rings. The maximum absolute atomic E-state index is 13.3. The number of benzene rings is 1. The van der Waals surface area contributed by atoms with Crippen LogP contribution in [-0.4, -0.2) is 87.3 Å². The van der Waals surface area contributed by atoms with E-state index in [2.05, 4.69) is 9.80 Å². The number of rotatable bonds is 6. The average molecular weight is 489 g/mol. The van der Waals surface area contributed by atoms with Crippen LogP contribution >= 0.6 is 0 Å². The first-order valence-electron chi connectivity index (χ1n) is 13.4. The number of sulfonamides is 1. The fourth-order valence-corrected chi connectivity index (χ4v) is 7.78. The van der Waals surface area contributed by atoms with E-state index in [-0.39, 0.29) is 5.91 Å². The fourth-order valence-electron chi connectivity index (χ4n) is 6.21. The van der Waals surface area contributed by atoms with Crippen molar-refractivity contribution in [3.05, 3.63) is 23.8 Å². The Labute approximate surface area is 205 Å². The van der Waals surface area contributed by atoms with Crippen molar-refractivity contribution in [2.24, 2.45) is 5.92 Å². The van der Waals surface area contributed by atoms with Gasteiger partial charge in [-0.1, -0.05) is 19.3 Å². The van der Waals surface area contributed by atoms with Gasteiger partial charge in [0.2, 0.25) is 15.9 Å². The molecule has 0 atom stereocenters. The van der Waals surface area contributed by atoms with Crippen molar-refractivity contribution in [3.8, 4) is 0 Å². The Hall–Kier alpha value is -1.48. The molecule has 1 aromatic carbocycles. The minimum Gasteiger partial charge on any atom is -0.311 e. The number of hydrogen-bond donors (Lipinski definition) is 0. The standard InChI is InChI=1S/C26H40N4O3S/c31-26(21-28-17-15-27(16-18-28)20-22-7-2-1-3-8-22)30-14-6-9-23-19-24(10-11-25(23)30)34(32,33)29-12-4-5-13-29/h10-11,19,22H,1-9,12-18,20-21H2. The zero-order valence-electron chi connectivity index (χ0n) is 20.5. The van der Waals surface area contributed by atoms with Crippen LogP contribution < -0.4 is 4.90 Å².